The molecule has 1 heterocycles. The topological polar surface area (TPSA) is 71.6 Å². The van der Waals surface area contributed by atoms with Crippen molar-refractivity contribution in [2.75, 3.05) is 0 Å². The average molecular weight is 351 g/mol. The standard InChI is InChI=1S/C19H15ClN4O/c20-17-8-6-15(7-9-17)18(25)10-19(11-21,12-24-14-22-13-23-24)16-4-2-1-3-5-16/h1-9,13-14H,10,12H2. The number of carbonyl (C=O) groups excluding carboxylic acids is 1. The molecule has 1 unspecified atom stereocenters. The predicted molar refractivity (Wildman–Crippen MR) is 94.2 cm³/mol. The molecule has 0 bridgehead atoms. The van der Waals surface area contributed by atoms with Crippen molar-refractivity contribution in [1.29, 1.82) is 5.26 Å². The Labute approximate surface area is 150 Å². The average Bonchev–Trinajstić information content (AvgIpc) is 3.15. The predicted octanol–water partition coefficient (Wildman–Crippen LogP) is 3.67. The highest BCUT2D eigenvalue weighted by molar-refractivity contribution is 6.30. The Balaban J connectivity index is 1.97. The maximum atomic E-state index is 12.8. The Kier molecular flexibility index (Phi) is 4.92. The number of carbonyl (C=O) groups is 1. The first-order valence-electron chi connectivity index (χ1n) is 7.71. The molecule has 1 aromatic heterocycles. The fraction of sp³-hybridized carbons (Fsp3) is 0.158. The molecule has 5 nitrogen and oxygen atoms in total. The van der Waals surface area contributed by atoms with Crippen LogP contribution < -0.4 is 0 Å². The molecule has 3 aromatic rings. The van der Waals surface area contributed by atoms with Gasteiger partial charge in [-0.2, -0.15) is 10.4 Å². The maximum Gasteiger partial charge on any atom is 0.164 e. The summed E-state index contributed by atoms with van der Waals surface area (Å²) in [5.74, 6) is -0.123. The number of halogens is 1. The Hall–Kier alpha value is -2.97. The lowest BCUT2D eigenvalue weighted by molar-refractivity contribution is 0.0956. The highest BCUT2D eigenvalue weighted by Crippen LogP contribution is 2.31. The normalized spacial score (nSPS) is 13.0. The van der Waals surface area contributed by atoms with E-state index in [1.165, 1.54) is 6.33 Å². The molecule has 0 N–H and O–H groups in total. The van der Waals surface area contributed by atoms with E-state index in [0.29, 0.717) is 10.6 Å². The number of aromatic nitrogens is 3. The van der Waals surface area contributed by atoms with Gasteiger partial charge in [0, 0.05) is 17.0 Å². The van der Waals surface area contributed by atoms with Gasteiger partial charge in [-0.1, -0.05) is 41.9 Å². The Morgan fingerprint density at radius 3 is 2.48 bits per heavy atom. The number of nitriles is 1. The van der Waals surface area contributed by atoms with Crippen molar-refractivity contribution < 1.29 is 4.79 Å². The van der Waals surface area contributed by atoms with Crippen LogP contribution in [0.4, 0.5) is 0 Å². The molecule has 1 atom stereocenters. The van der Waals surface area contributed by atoms with E-state index < -0.39 is 5.41 Å². The summed E-state index contributed by atoms with van der Waals surface area (Å²) in [5, 5.41) is 14.6. The van der Waals surface area contributed by atoms with E-state index in [4.69, 9.17) is 11.6 Å². The van der Waals surface area contributed by atoms with E-state index >= 15 is 0 Å². The molecular formula is C19H15ClN4O. The van der Waals surface area contributed by atoms with Crippen LogP contribution in [-0.2, 0) is 12.0 Å². The minimum Gasteiger partial charge on any atom is -0.294 e. The highest BCUT2D eigenvalue weighted by Gasteiger charge is 2.36. The van der Waals surface area contributed by atoms with Crippen molar-refractivity contribution in [2.45, 2.75) is 18.4 Å². The minimum atomic E-state index is -1.04. The fourth-order valence-corrected chi connectivity index (χ4v) is 2.87. The molecule has 0 radical (unpaired) electrons. The van der Waals surface area contributed by atoms with E-state index in [1.807, 2.05) is 30.3 Å². The molecule has 0 aliphatic carbocycles. The highest BCUT2D eigenvalue weighted by atomic mass is 35.5. The number of benzene rings is 2. The van der Waals surface area contributed by atoms with Gasteiger partial charge in [0.15, 0.2) is 5.78 Å². The summed E-state index contributed by atoms with van der Waals surface area (Å²) in [7, 11) is 0. The second-order valence-electron chi connectivity index (χ2n) is 5.76. The van der Waals surface area contributed by atoms with Crippen LogP contribution >= 0.6 is 11.6 Å². The van der Waals surface area contributed by atoms with Crippen LogP contribution in [0.15, 0.2) is 67.3 Å². The summed E-state index contributed by atoms with van der Waals surface area (Å²) < 4.78 is 1.57. The molecule has 0 aliphatic rings. The van der Waals surface area contributed by atoms with Crippen molar-refractivity contribution in [3.05, 3.63) is 83.4 Å². The van der Waals surface area contributed by atoms with Crippen molar-refractivity contribution in [3.63, 3.8) is 0 Å². The van der Waals surface area contributed by atoms with Gasteiger partial charge in [-0.25, -0.2) is 4.98 Å². The molecule has 0 amide bonds. The van der Waals surface area contributed by atoms with Gasteiger partial charge in [-0.05, 0) is 29.8 Å². The fourth-order valence-electron chi connectivity index (χ4n) is 2.75. The molecule has 6 heteroatoms. The summed E-state index contributed by atoms with van der Waals surface area (Å²) in [6, 6.07) is 18.3. The molecule has 25 heavy (non-hydrogen) atoms. The zero-order valence-corrected chi connectivity index (χ0v) is 14.1. The van der Waals surface area contributed by atoms with Gasteiger partial charge >= 0.3 is 0 Å². The zero-order valence-electron chi connectivity index (χ0n) is 13.3. The number of rotatable bonds is 6. The molecular weight excluding hydrogens is 336 g/mol. The number of hydrogen-bond donors (Lipinski definition) is 0. The largest absolute Gasteiger partial charge is 0.294 e. The third-order valence-electron chi connectivity index (χ3n) is 4.07. The molecule has 0 saturated carbocycles. The van der Waals surface area contributed by atoms with Crippen LogP contribution in [-0.4, -0.2) is 20.5 Å². The van der Waals surface area contributed by atoms with Gasteiger partial charge < -0.3 is 0 Å². The Morgan fingerprint density at radius 2 is 1.88 bits per heavy atom. The van der Waals surface area contributed by atoms with Gasteiger partial charge in [0.25, 0.3) is 0 Å². The van der Waals surface area contributed by atoms with Crippen LogP contribution in [0.25, 0.3) is 0 Å². The van der Waals surface area contributed by atoms with Gasteiger partial charge in [0.05, 0.1) is 12.6 Å². The van der Waals surface area contributed by atoms with Crippen molar-refractivity contribution in [2.24, 2.45) is 0 Å². The Morgan fingerprint density at radius 1 is 1.16 bits per heavy atom. The molecule has 124 valence electrons. The number of hydrogen-bond acceptors (Lipinski definition) is 4. The first-order chi connectivity index (χ1) is 12.1. The maximum absolute atomic E-state index is 12.8. The van der Waals surface area contributed by atoms with Crippen LogP contribution in [0.2, 0.25) is 5.02 Å². The van der Waals surface area contributed by atoms with Gasteiger partial charge in [0.2, 0.25) is 0 Å². The monoisotopic (exact) mass is 350 g/mol. The summed E-state index contributed by atoms with van der Waals surface area (Å²) in [6.45, 7) is 0.243. The number of ketones is 1. The Bertz CT molecular complexity index is 885. The summed E-state index contributed by atoms with van der Waals surface area (Å²) in [4.78, 5) is 16.7. The van der Waals surface area contributed by atoms with Crippen LogP contribution in [0.3, 0.4) is 0 Å². The van der Waals surface area contributed by atoms with Crippen molar-refractivity contribution in [3.8, 4) is 6.07 Å². The summed E-state index contributed by atoms with van der Waals surface area (Å²) in [5.41, 5.74) is 0.264. The van der Waals surface area contributed by atoms with Gasteiger partial charge in [-0.15, -0.1) is 0 Å². The van der Waals surface area contributed by atoms with Crippen LogP contribution in [0, 0.1) is 11.3 Å². The lowest BCUT2D eigenvalue weighted by atomic mass is 9.76. The van der Waals surface area contributed by atoms with Crippen molar-refractivity contribution >= 4 is 17.4 Å². The minimum absolute atomic E-state index is 0.0367. The van der Waals surface area contributed by atoms with Gasteiger partial charge in [-0.3, -0.25) is 9.48 Å². The van der Waals surface area contributed by atoms with E-state index in [1.54, 1.807) is 35.3 Å². The second kappa shape index (κ2) is 7.29. The van der Waals surface area contributed by atoms with E-state index in [0.717, 1.165) is 5.56 Å². The third-order valence-corrected chi connectivity index (χ3v) is 4.32. The summed E-state index contributed by atoms with van der Waals surface area (Å²) >= 11 is 5.89. The molecule has 2 aromatic carbocycles. The lowest BCUT2D eigenvalue weighted by Crippen LogP contribution is -2.33. The van der Waals surface area contributed by atoms with Crippen LogP contribution in [0.1, 0.15) is 22.3 Å². The molecule has 0 fully saturated rings. The molecule has 0 saturated heterocycles. The smallest absolute Gasteiger partial charge is 0.164 e. The van der Waals surface area contributed by atoms with E-state index in [2.05, 4.69) is 16.2 Å². The summed E-state index contributed by atoms with van der Waals surface area (Å²) in [6.07, 6.45) is 2.99. The number of Topliss-reactive ketones (excluding diaryl/α,β-unsaturated/α-hetero) is 1. The number of nitrogens with zero attached hydrogens (tertiary/aromatic N) is 4. The SMILES string of the molecule is N#CC(CC(=O)c1ccc(Cl)cc1)(Cn1cncn1)c1ccccc1. The lowest BCUT2D eigenvalue weighted by Gasteiger charge is -2.26. The first kappa shape index (κ1) is 16.9. The molecule has 0 spiro atoms. The zero-order chi connectivity index (χ0) is 17.7. The molecule has 3 rings (SSSR count). The van der Waals surface area contributed by atoms with Crippen molar-refractivity contribution in [1.82, 2.24) is 14.8 Å². The third kappa shape index (κ3) is 3.76. The van der Waals surface area contributed by atoms with Crippen LogP contribution in [0.5, 0.6) is 0 Å². The first-order valence-corrected chi connectivity index (χ1v) is 8.09. The molecule has 0 aliphatic heterocycles. The quantitative estimate of drug-likeness (QED) is 0.636. The second-order valence-corrected chi connectivity index (χ2v) is 6.20. The van der Waals surface area contributed by atoms with Gasteiger partial charge in [0.1, 0.15) is 18.1 Å². The van der Waals surface area contributed by atoms with E-state index in [9.17, 15) is 10.1 Å². The van der Waals surface area contributed by atoms with E-state index in [-0.39, 0.29) is 18.7 Å².